The third kappa shape index (κ3) is 5.73. The zero-order chi connectivity index (χ0) is 24.8. The number of benzene rings is 2. The highest BCUT2D eigenvalue weighted by atomic mass is 32.2. The van der Waals surface area contributed by atoms with Gasteiger partial charge in [0, 0.05) is 19.0 Å². The van der Waals surface area contributed by atoms with Crippen LogP contribution in [0.25, 0.3) is 0 Å². The number of fused-ring (bicyclic) bond motifs is 1. The predicted octanol–water partition coefficient (Wildman–Crippen LogP) is 4.92. The minimum absolute atomic E-state index is 0.0368. The molecule has 3 atom stereocenters. The van der Waals surface area contributed by atoms with Gasteiger partial charge in [0.05, 0.1) is 11.3 Å². The number of hydrogen-bond acceptors (Lipinski definition) is 3. The molecule has 0 spiro atoms. The second-order valence-corrected chi connectivity index (χ2v) is 12.1. The Morgan fingerprint density at radius 1 is 1.00 bits per heavy atom. The number of alkyl halides is 3. The summed E-state index contributed by atoms with van der Waals surface area (Å²) in [5, 5.41) is 0. The van der Waals surface area contributed by atoms with E-state index in [0.717, 1.165) is 49.5 Å². The third-order valence-electron chi connectivity index (χ3n) is 7.68. The van der Waals surface area contributed by atoms with E-state index < -0.39 is 27.6 Å². The molecule has 5 rings (SSSR count). The van der Waals surface area contributed by atoms with Gasteiger partial charge in [0.2, 0.25) is 10.0 Å². The summed E-state index contributed by atoms with van der Waals surface area (Å²) in [4.78, 5) is 2.29. The molecule has 2 fully saturated rings. The van der Waals surface area contributed by atoms with Crippen LogP contribution in [-0.2, 0) is 22.6 Å². The van der Waals surface area contributed by atoms with E-state index >= 15 is 0 Å². The van der Waals surface area contributed by atoms with Crippen molar-refractivity contribution in [3.05, 3.63) is 70.5 Å². The van der Waals surface area contributed by atoms with Crippen LogP contribution in [0.15, 0.2) is 42.5 Å². The van der Waals surface area contributed by atoms with Gasteiger partial charge in [-0.2, -0.15) is 13.2 Å². The number of hydrogen-bond donors (Lipinski definition) is 1. The molecule has 190 valence electrons. The Morgan fingerprint density at radius 3 is 2.43 bits per heavy atom. The lowest BCUT2D eigenvalue weighted by atomic mass is 9.82. The van der Waals surface area contributed by atoms with E-state index in [1.165, 1.54) is 24.3 Å². The Hall–Kier alpha value is -1.97. The third-order valence-corrected chi connectivity index (χ3v) is 9.20. The second-order valence-electron chi connectivity index (χ2n) is 10.3. The van der Waals surface area contributed by atoms with Gasteiger partial charge in [0.1, 0.15) is 5.82 Å². The zero-order valence-electron chi connectivity index (χ0n) is 19.4. The first-order chi connectivity index (χ1) is 16.6. The molecular weight excluding hydrogens is 480 g/mol. The van der Waals surface area contributed by atoms with Crippen molar-refractivity contribution >= 4 is 10.0 Å². The molecule has 0 aromatic heterocycles. The molecule has 0 amide bonds. The molecule has 1 aliphatic heterocycles. The molecule has 0 bridgehead atoms. The standard InChI is InChI=1S/C26H30F4N2O2S/c27-20-7-8-21-22(12-18-3-1-4-19(11-18)26(28,29)30)25(15-32-9-2-10-32)24(23(21)13-20)14-31-35(33,34)16-17-5-6-17/h1,3-4,7-8,11,13,17,22,24-25,31H,2,5-6,9-10,12,14-16H2. The van der Waals surface area contributed by atoms with Crippen LogP contribution in [0.2, 0.25) is 0 Å². The molecule has 1 saturated carbocycles. The first-order valence-electron chi connectivity index (χ1n) is 12.2. The lowest BCUT2D eigenvalue weighted by molar-refractivity contribution is -0.137. The second kappa shape index (κ2) is 9.48. The van der Waals surface area contributed by atoms with E-state index in [0.29, 0.717) is 18.5 Å². The minimum Gasteiger partial charge on any atom is -0.303 e. The highest BCUT2D eigenvalue weighted by molar-refractivity contribution is 7.89. The molecular formula is C26H30F4N2O2S. The van der Waals surface area contributed by atoms with Crippen molar-refractivity contribution in [3.8, 4) is 0 Å². The van der Waals surface area contributed by atoms with Crippen LogP contribution in [0.4, 0.5) is 17.6 Å². The Balaban J connectivity index is 1.45. The fourth-order valence-electron chi connectivity index (χ4n) is 5.58. The topological polar surface area (TPSA) is 49.4 Å². The summed E-state index contributed by atoms with van der Waals surface area (Å²) in [5.41, 5.74) is 1.56. The lowest BCUT2D eigenvalue weighted by Crippen LogP contribution is -2.43. The van der Waals surface area contributed by atoms with Crippen LogP contribution in [0.5, 0.6) is 0 Å². The molecule has 1 N–H and O–H groups in total. The predicted molar refractivity (Wildman–Crippen MR) is 126 cm³/mol. The van der Waals surface area contributed by atoms with Gasteiger partial charge < -0.3 is 4.90 Å². The van der Waals surface area contributed by atoms with Crippen molar-refractivity contribution in [1.82, 2.24) is 9.62 Å². The van der Waals surface area contributed by atoms with Gasteiger partial charge >= 0.3 is 6.18 Å². The van der Waals surface area contributed by atoms with Crippen molar-refractivity contribution in [2.75, 3.05) is 31.9 Å². The maximum Gasteiger partial charge on any atom is 0.416 e. The van der Waals surface area contributed by atoms with Crippen molar-refractivity contribution in [1.29, 1.82) is 0 Å². The largest absolute Gasteiger partial charge is 0.416 e. The summed E-state index contributed by atoms with van der Waals surface area (Å²) in [6.45, 7) is 2.76. The minimum atomic E-state index is -4.42. The summed E-state index contributed by atoms with van der Waals surface area (Å²) in [7, 11) is -3.44. The average molecular weight is 511 g/mol. The lowest BCUT2D eigenvalue weighted by Gasteiger charge is -2.37. The number of nitrogens with one attached hydrogen (secondary N) is 1. The number of rotatable bonds is 9. The molecule has 4 nitrogen and oxygen atoms in total. The Kier molecular flexibility index (Phi) is 6.70. The van der Waals surface area contributed by atoms with Gasteiger partial charge in [-0.25, -0.2) is 17.5 Å². The normalized spacial score (nSPS) is 24.9. The fraction of sp³-hybridized carbons (Fsp3) is 0.538. The first-order valence-corrected chi connectivity index (χ1v) is 13.9. The van der Waals surface area contributed by atoms with Gasteiger partial charge in [-0.15, -0.1) is 0 Å². The van der Waals surface area contributed by atoms with E-state index in [1.54, 1.807) is 12.1 Å². The smallest absolute Gasteiger partial charge is 0.303 e. The van der Waals surface area contributed by atoms with E-state index in [4.69, 9.17) is 0 Å². The molecule has 35 heavy (non-hydrogen) atoms. The van der Waals surface area contributed by atoms with Crippen molar-refractivity contribution in [2.24, 2.45) is 11.8 Å². The number of nitrogens with zero attached hydrogens (tertiary/aromatic N) is 1. The monoisotopic (exact) mass is 510 g/mol. The van der Waals surface area contributed by atoms with Crippen LogP contribution in [0.1, 0.15) is 53.4 Å². The first kappa shape index (κ1) is 24.7. The number of halogens is 4. The maximum atomic E-state index is 14.3. The average Bonchev–Trinajstić information content (AvgIpc) is 3.51. The number of likely N-dealkylation sites (tertiary alicyclic amines) is 1. The van der Waals surface area contributed by atoms with Gasteiger partial charge in [-0.1, -0.05) is 24.3 Å². The van der Waals surface area contributed by atoms with Crippen LogP contribution < -0.4 is 4.72 Å². The molecule has 2 aromatic rings. The summed E-state index contributed by atoms with van der Waals surface area (Å²) < 4.78 is 82.3. The summed E-state index contributed by atoms with van der Waals surface area (Å²) in [6, 6.07) is 9.97. The van der Waals surface area contributed by atoms with Crippen LogP contribution >= 0.6 is 0 Å². The van der Waals surface area contributed by atoms with Gasteiger partial charge in [0.15, 0.2) is 0 Å². The maximum absolute atomic E-state index is 14.3. The Labute approximate surface area is 203 Å². The Morgan fingerprint density at radius 2 is 1.77 bits per heavy atom. The van der Waals surface area contributed by atoms with Crippen LogP contribution in [0.3, 0.4) is 0 Å². The van der Waals surface area contributed by atoms with Gasteiger partial charge in [-0.05, 0) is 91.4 Å². The SMILES string of the molecule is O=S(=O)(CC1CC1)NCC1c2cc(F)ccc2C(Cc2cccc(C(F)(F)F)c2)C1CN1CCC1. The van der Waals surface area contributed by atoms with E-state index in [-0.39, 0.29) is 36.0 Å². The van der Waals surface area contributed by atoms with Crippen LogP contribution in [-0.4, -0.2) is 45.2 Å². The fourth-order valence-corrected chi connectivity index (χ4v) is 7.09. The molecule has 3 unspecified atom stereocenters. The van der Waals surface area contributed by atoms with Crippen molar-refractivity contribution in [2.45, 2.75) is 43.7 Å². The number of sulfonamides is 1. The Bertz CT molecular complexity index is 1180. The molecule has 2 aliphatic carbocycles. The molecule has 2 aromatic carbocycles. The van der Waals surface area contributed by atoms with E-state index in [1.807, 2.05) is 0 Å². The molecule has 0 radical (unpaired) electrons. The molecule has 1 saturated heterocycles. The molecule has 1 heterocycles. The van der Waals surface area contributed by atoms with E-state index in [2.05, 4.69) is 9.62 Å². The highest BCUT2D eigenvalue weighted by Crippen LogP contribution is 2.49. The molecule has 9 heteroatoms. The van der Waals surface area contributed by atoms with Crippen molar-refractivity contribution in [3.63, 3.8) is 0 Å². The quantitative estimate of drug-likeness (QED) is 0.488. The highest BCUT2D eigenvalue weighted by Gasteiger charge is 2.43. The van der Waals surface area contributed by atoms with Gasteiger partial charge in [0.25, 0.3) is 0 Å². The summed E-state index contributed by atoms with van der Waals surface area (Å²) in [5.74, 6) is -0.479. The zero-order valence-corrected chi connectivity index (χ0v) is 20.2. The summed E-state index contributed by atoms with van der Waals surface area (Å²) in [6.07, 6.45) is -1.10. The summed E-state index contributed by atoms with van der Waals surface area (Å²) >= 11 is 0. The van der Waals surface area contributed by atoms with Crippen molar-refractivity contribution < 1.29 is 26.0 Å². The van der Waals surface area contributed by atoms with Crippen LogP contribution in [0, 0.1) is 17.7 Å². The van der Waals surface area contributed by atoms with Gasteiger partial charge in [-0.3, -0.25) is 0 Å². The van der Waals surface area contributed by atoms with E-state index in [9.17, 15) is 26.0 Å². The molecule has 3 aliphatic rings.